The maximum absolute atomic E-state index is 11.9. The van der Waals surface area contributed by atoms with Crippen LogP contribution in [-0.2, 0) is 14.3 Å². The first-order valence-electron chi connectivity index (χ1n) is 5.98. The van der Waals surface area contributed by atoms with E-state index in [2.05, 4.69) is 17.6 Å². The Morgan fingerprint density at radius 1 is 1.50 bits per heavy atom. The van der Waals surface area contributed by atoms with Crippen LogP contribution in [0.25, 0.3) is 0 Å². The number of carbonyl (C=O) groups excluding carboxylic acids is 1. The predicted octanol–water partition coefficient (Wildman–Crippen LogP) is -0.484. The smallest absolute Gasteiger partial charge is 0.224 e. The van der Waals surface area contributed by atoms with Gasteiger partial charge in [-0.05, 0) is 19.9 Å². The van der Waals surface area contributed by atoms with Gasteiger partial charge >= 0.3 is 0 Å². The molecule has 0 radical (unpaired) electrons. The first kappa shape index (κ1) is 11.8. The van der Waals surface area contributed by atoms with Gasteiger partial charge in [-0.3, -0.25) is 4.79 Å². The molecule has 2 rings (SSSR count). The van der Waals surface area contributed by atoms with Crippen molar-refractivity contribution < 1.29 is 14.3 Å². The van der Waals surface area contributed by atoms with E-state index in [4.69, 9.17) is 9.47 Å². The maximum atomic E-state index is 11.9. The van der Waals surface area contributed by atoms with Crippen LogP contribution in [0.2, 0.25) is 0 Å². The SMILES string of the molecule is CC1NCCC1C(=O)NCC1COCCO1. The first-order chi connectivity index (χ1) is 7.77. The Morgan fingerprint density at radius 3 is 3.00 bits per heavy atom. The van der Waals surface area contributed by atoms with Gasteiger partial charge in [0.15, 0.2) is 0 Å². The van der Waals surface area contributed by atoms with Gasteiger partial charge in [0, 0.05) is 12.6 Å². The first-order valence-corrected chi connectivity index (χ1v) is 5.98. The van der Waals surface area contributed by atoms with Gasteiger partial charge in [0.1, 0.15) is 0 Å². The second-order valence-electron chi connectivity index (χ2n) is 4.45. The van der Waals surface area contributed by atoms with Gasteiger partial charge < -0.3 is 20.1 Å². The molecular formula is C11H20N2O3. The molecular weight excluding hydrogens is 208 g/mol. The van der Waals surface area contributed by atoms with E-state index < -0.39 is 0 Å². The average molecular weight is 228 g/mol. The minimum absolute atomic E-state index is 0.0161. The highest BCUT2D eigenvalue weighted by atomic mass is 16.6. The second-order valence-corrected chi connectivity index (χ2v) is 4.45. The normalized spacial score (nSPS) is 34.9. The van der Waals surface area contributed by atoms with Crippen LogP contribution in [0.3, 0.4) is 0 Å². The van der Waals surface area contributed by atoms with Crippen LogP contribution in [0.4, 0.5) is 0 Å². The lowest BCUT2D eigenvalue weighted by atomic mass is 10.0. The number of hydrogen-bond acceptors (Lipinski definition) is 4. The molecule has 2 fully saturated rings. The molecule has 2 aliphatic heterocycles. The summed E-state index contributed by atoms with van der Waals surface area (Å²) in [6, 6.07) is 0.281. The molecule has 3 atom stereocenters. The quantitative estimate of drug-likeness (QED) is 0.685. The summed E-state index contributed by atoms with van der Waals surface area (Å²) in [5.41, 5.74) is 0. The molecule has 5 nitrogen and oxygen atoms in total. The van der Waals surface area contributed by atoms with Crippen LogP contribution in [0.5, 0.6) is 0 Å². The molecule has 0 bridgehead atoms. The van der Waals surface area contributed by atoms with Gasteiger partial charge in [-0.15, -0.1) is 0 Å². The molecule has 92 valence electrons. The summed E-state index contributed by atoms with van der Waals surface area (Å²) in [5, 5.41) is 6.21. The van der Waals surface area contributed by atoms with Crippen molar-refractivity contribution in [1.82, 2.24) is 10.6 Å². The van der Waals surface area contributed by atoms with Crippen molar-refractivity contribution >= 4 is 5.91 Å². The van der Waals surface area contributed by atoms with E-state index in [-0.39, 0.29) is 24.0 Å². The molecule has 0 aromatic rings. The van der Waals surface area contributed by atoms with Crippen LogP contribution in [0.1, 0.15) is 13.3 Å². The lowest BCUT2D eigenvalue weighted by Gasteiger charge is -2.24. The lowest BCUT2D eigenvalue weighted by Crippen LogP contribution is -2.43. The van der Waals surface area contributed by atoms with Gasteiger partial charge in [0.2, 0.25) is 5.91 Å². The van der Waals surface area contributed by atoms with Crippen molar-refractivity contribution in [3.05, 3.63) is 0 Å². The fourth-order valence-electron chi connectivity index (χ4n) is 2.22. The van der Waals surface area contributed by atoms with Crippen LogP contribution in [0.15, 0.2) is 0 Å². The van der Waals surface area contributed by atoms with Gasteiger partial charge in [-0.1, -0.05) is 0 Å². The molecule has 1 amide bonds. The van der Waals surface area contributed by atoms with E-state index in [1.165, 1.54) is 0 Å². The largest absolute Gasteiger partial charge is 0.376 e. The van der Waals surface area contributed by atoms with E-state index >= 15 is 0 Å². The zero-order valence-corrected chi connectivity index (χ0v) is 9.70. The molecule has 0 saturated carbocycles. The van der Waals surface area contributed by atoms with Crippen LogP contribution < -0.4 is 10.6 Å². The maximum Gasteiger partial charge on any atom is 0.224 e. The molecule has 16 heavy (non-hydrogen) atoms. The third-order valence-electron chi connectivity index (χ3n) is 3.25. The molecule has 2 N–H and O–H groups in total. The summed E-state index contributed by atoms with van der Waals surface area (Å²) in [4.78, 5) is 11.9. The van der Waals surface area contributed by atoms with Gasteiger partial charge in [0.25, 0.3) is 0 Å². The summed E-state index contributed by atoms with van der Waals surface area (Å²) in [6.45, 7) is 5.41. The zero-order chi connectivity index (χ0) is 11.4. The molecule has 0 aromatic heterocycles. The van der Waals surface area contributed by atoms with Crippen molar-refractivity contribution in [2.75, 3.05) is 32.9 Å². The molecule has 2 aliphatic rings. The number of hydrogen-bond donors (Lipinski definition) is 2. The highest BCUT2D eigenvalue weighted by molar-refractivity contribution is 5.79. The van der Waals surface area contributed by atoms with Gasteiger partial charge in [0.05, 0.1) is 31.8 Å². The van der Waals surface area contributed by atoms with E-state index in [0.29, 0.717) is 26.4 Å². The van der Waals surface area contributed by atoms with Crippen molar-refractivity contribution in [3.8, 4) is 0 Å². The van der Waals surface area contributed by atoms with Gasteiger partial charge in [-0.25, -0.2) is 0 Å². The summed E-state index contributed by atoms with van der Waals surface area (Å²) in [7, 11) is 0. The Labute approximate surface area is 95.9 Å². The monoisotopic (exact) mass is 228 g/mol. The summed E-state index contributed by atoms with van der Waals surface area (Å²) >= 11 is 0. The molecule has 3 unspecified atom stereocenters. The van der Waals surface area contributed by atoms with Crippen LogP contribution >= 0.6 is 0 Å². The Bertz CT molecular complexity index is 241. The van der Waals surface area contributed by atoms with Crippen LogP contribution in [0, 0.1) is 5.92 Å². The van der Waals surface area contributed by atoms with E-state index in [1.54, 1.807) is 0 Å². The molecule has 2 saturated heterocycles. The Kier molecular flexibility index (Phi) is 4.15. The molecule has 2 heterocycles. The minimum Gasteiger partial charge on any atom is -0.376 e. The number of ether oxygens (including phenoxy) is 2. The van der Waals surface area contributed by atoms with Crippen LogP contribution in [-0.4, -0.2) is 51.0 Å². The fraction of sp³-hybridized carbons (Fsp3) is 0.909. The standard InChI is InChI=1S/C11H20N2O3/c1-8-10(2-3-12-8)11(14)13-6-9-7-15-4-5-16-9/h8-10,12H,2-7H2,1H3,(H,13,14). The van der Waals surface area contributed by atoms with E-state index in [1.807, 2.05) is 0 Å². The fourth-order valence-corrected chi connectivity index (χ4v) is 2.22. The third-order valence-corrected chi connectivity index (χ3v) is 3.25. The number of amides is 1. The number of nitrogens with one attached hydrogen (secondary N) is 2. The Balaban J connectivity index is 1.70. The van der Waals surface area contributed by atoms with Crippen molar-refractivity contribution in [2.45, 2.75) is 25.5 Å². The minimum atomic E-state index is 0.0161. The molecule has 5 heteroatoms. The average Bonchev–Trinajstić information content (AvgIpc) is 2.74. The summed E-state index contributed by atoms with van der Waals surface area (Å²) in [5.74, 6) is 0.233. The molecule has 0 spiro atoms. The van der Waals surface area contributed by atoms with Crippen molar-refractivity contribution in [1.29, 1.82) is 0 Å². The number of rotatable bonds is 3. The zero-order valence-electron chi connectivity index (χ0n) is 9.70. The molecule has 0 aliphatic carbocycles. The van der Waals surface area contributed by atoms with Gasteiger partial charge in [-0.2, -0.15) is 0 Å². The lowest BCUT2D eigenvalue weighted by molar-refractivity contribution is -0.127. The summed E-state index contributed by atoms with van der Waals surface area (Å²) in [6.07, 6.45) is 0.942. The van der Waals surface area contributed by atoms with E-state index in [9.17, 15) is 4.79 Å². The second kappa shape index (κ2) is 5.61. The Morgan fingerprint density at radius 2 is 2.38 bits per heavy atom. The third kappa shape index (κ3) is 2.93. The topological polar surface area (TPSA) is 59.6 Å². The molecule has 0 aromatic carbocycles. The Hall–Kier alpha value is -0.650. The van der Waals surface area contributed by atoms with E-state index in [0.717, 1.165) is 13.0 Å². The van der Waals surface area contributed by atoms with Crippen molar-refractivity contribution in [2.24, 2.45) is 5.92 Å². The highest BCUT2D eigenvalue weighted by Crippen LogP contribution is 2.14. The highest BCUT2D eigenvalue weighted by Gasteiger charge is 2.29. The number of carbonyl (C=O) groups is 1. The summed E-state index contributed by atoms with van der Waals surface area (Å²) < 4.78 is 10.7. The predicted molar refractivity (Wildman–Crippen MR) is 59.1 cm³/mol. The van der Waals surface area contributed by atoms with Crippen molar-refractivity contribution in [3.63, 3.8) is 0 Å².